The molecule has 1 aromatic heterocycles. The predicted molar refractivity (Wildman–Crippen MR) is 127 cm³/mol. The van der Waals surface area contributed by atoms with Gasteiger partial charge in [-0.2, -0.15) is 5.26 Å². The number of pyridine rings is 1. The molecule has 4 atom stereocenters. The molecular formula is C27H25FN4O2. The number of carbonyl (C=O) groups is 1. The van der Waals surface area contributed by atoms with E-state index in [1.165, 1.54) is 5.56 Å². The van der Waals surface area contributed by atoms with Gasteiger partial charge < -0.3 is 15.4 Å². The van der Waals surface area contributed by atoms with Crippen LogP contribution in [-0.4, -0.2) is 36.3 Å². The van der Waals surface area contributed by atoms with Gasteiger partial charge in [-0.25, -0.2) is 9.37 Å². The summed E-state index contributed by atoms with van der Waals surface area (Å²) in [5.74, 6) is 1.00. The quantitative estimate of drug-likeness (QED) is 0.573. The largest absolute Gasteiger partial charge is 0.486 e. The average molecular weight is 457 g/mol. The summed E-state index contributed by atoms with van der Waals surface area (Å²) in [5.41, 5.74) is 3.13. The Morgan fingerprint density at radius 2 is 1.97 bits per heavy atom. The Morgan fingerprint density at radius 3 is 2.76 bits per heavy atom. The first kappa shape index (κ1) is 22.1. The summed E-state index contributed by atoms with van der Waals surface area (Å²) in [6, 6.07) is 21.1. The first-order valence-corrected chi connectivity index (χ1v) is 11.5. The minimum absolute atomic E-state index is 0.0392. The molecule has 1 aliphatic heterocycles. The van der Waals surface area contributed by atoms with Crippen molar-refractivity contribution >= 4 is 11.7 Å². The molecule has 0 radical (unpaired) electrons. The summed E-state index contributed by atoms with van der Waals surface area (Å²) in [5, 5.41) is 15.6. The monoisotopic (exact) mass is 456 g/mol. The van der Waals surface area contributed by atoms with Crippen LogP contribution in [0.3, 0.4) is 0 Å². The van der Waals surface area contributed by atoms with Crippen LogP contribution in [0.4, 0.5) is 10.2 Å². The molecular weight excluding hydrogens is 431 g/mol. The van der Waals surface area contributed by atoms with E-state index in [2.05, 4.69) is 33.8 Å². The summed E-state index contributed by atoms with van der Waals surface area (Å²) in [6.07, 6.45) is 1.33. The van der Waals surface area contributed by atoms with Gasteiger partial charge in [-0.3, -0.25) is 4.79 Å². The number of hydrogen-bond donors (Lipinski definition) is 2. The van der Waals surface area contributed by atoms with Crippen molar-refractivity contribution in [2.45, 2.75) is 31.0 Å². The maximum Gasteiger partial charge on any atom is 0.229 e. The summed E-state index contributed by atoms with van der Waals surface area (Å²) >= 11 is 0. The van der Waals surface area contributed by atoms with Crippen LogP contribution in [0.25, 0.3) is 11.1 Å². The number of hydrogen-bond acceptors (Lipinski definition) is 5. The SMILES string of the molecule is N#Cc1cc(-c2ccnc(NC(=O)[C@@H]3C[C@@H]3c3ccccc3)c2)ccc1O[C@H]1CCNC[C@H]1F. The zero-order valence-corrected chi connectivity index (χ0v) is 18.6. The van der Waals surface area contributed by atoms with Crippen LogP contribution in [-0.2, 0) is 4.79 Å². The van der Waals surface area contributed by atoms with E-state index in [4.69, 9.17) is 4.74 Å². The fourth-order valence-corrected chi connectivity index (χ4v) is 4.44. The number of carbonyl (C=O) groups excluding carboxylic acids is 1. The minimum Gasteiger partial charge on any atom is -0.486 e. The Kier molecular flexibility index (Phi) is 6.24. The molecule has 34 heavy (non-hydrogen) atoms. The number of benzene rings is 2. The van der Waals surface area contributed by atoms with E-state index in [0.29, 0.717) is 30.1 Å². The second-order valence-electron chi connectivity index (χ2n) is 8.77. The highest BCUT2D eigenvalue weighted by Crippen LogP contribution is 2.47. The van der Waals surface area contributed by atoms with Gasteiger partial charge in [0.15, 0.2) is 0 Å². The second kappa shape index (κ2) is 9.62. The van der Waals surface area contributed by atoms with Crippen molar-refractivity contribution in [3.8, 4) is 22.9 Å². The zero-order chi connectivity index (χ0) is 23.5. The highest BCUT2D eigenvalue weighted by Gasteiger charge is 2.43. The van der Waals surface area contributed by atoms with Gasteiger partial charge in [-0.1, -0.05) is 36.4 Å². The third-order valence-corrected chi connectivity index (χ3v) is 6.43. The maximum atomic E-state index is 14.1. The lowest BCUT2D eigenvalue weighted by atomic mass is 10.0. The second-order valence-corrected chi connectivity index (χ2v) is 8.77. The van der Waals surface area contributed by atoms with Gasteiger partial charge in [0.05, 0.1) is 5.56 Å². The van der Waals surface area contributed by atoms with E-state index in [1.54, 1.807) is 24.4 Å². The standard InChI is InChI=1S/C27H25FN4O2/c28-23-16-30-10-9-25(23)34-24-7-6-18(12-20(24)15-29)19-8-11-31-26(13-19)32-27(33)22-14-21(22)17-4-2-1-3-5-17/h1-8,11-13,21-23,25,30H,9-10,14,16H2,(H,31,32,33)/t21-,22-,23-,25+/m1/s1. The molecule has 0 spiro atoms. The molecule has 1 aliphatic carbocycles. The van der Waals surface area contributed by atoms with Crippen molar-refractivity contribution in [2.75, 3.05) is 18.4 Å². The predicted octanol–water partition coefficient (Wildman–Crippen LogP) is 4.44. The van der Waals surface area contributed by atoms with Crippen LogP contribution in [0.15, 0.2) is 66.9 Å². The number of alkyl halides is 1. The zero-order valence-electron chi connectivity index (χ0n) is 18.6. The maximum absolute atomic E-state index is 14.1. The number of nitriles is 1. The summed E-state index contributed by atoms with van der Waals surface area (Å²) in [4.78, 5) is 17.0. The average Bonchev–Trinajstić information content (AvgIpc) is 3.68. The Bertz CT molecular complexity index is 1230. The molecule has 0 unspecified atom stereocenters. The molecule has 2 aromatic carbocycles. The number of halogens is 1. The van der Waals surface area contributed by atoms with Crippen LogP contribution in [0.5, 0.6) is 5.75 Å². The van der Waals surface area contributed by atoms with Crippen LogP contribution in [0, 0.1) is 17.2 Å². The Morgan fingerprint density at radius 1 is 1.15 bits per heavy atom. The van der Waals surface area contributed by atoms with E-state index in [9.17, 15) is 14.4 Å². The van der Waals surface area contributed by atoms with Crippen molar-refractivity contribution in [1.82, 2.24) is 10.3 Å². The molecule has 1 amide bonds. The van der Waals surface area contributed by atoms with Crippen molar-refractivity contribution in [2.24, 2.45) is 5.92 Å². The third kappa shape index (κ3) is 4.78. The molecule has 7 heteroatoms. The molecule has 2 aliphatic rings. The van der Waals surface area contributed by atoms with Gasteiger partial charge in [0.25, 0.3) is 0 Å². The molecule has 6 nitrogen and oxygen atoms in total. The van der Waals surface area contributed by atoms with Crippen LogP contribution < -0.4 is 15.4 Å². The fraction of sp³-hybridized carbons (Fsp3) is 0.296. The normalized spacial score (nSPS) is 23.5. The van der Waals surface area contributed by atoms with E-state index < -0.39 is 12.3 Å². The van der Waals surface area contributed by atoms with Gasteiger partial charge in [-0.15, -0.1) is 0 Å². The molecule has 0 bridgehead atoms. The molecule has 3 aromatic rings. The van der Waals surface area contributed by atoms with E-state index >= 15 is 0 Å². The lowest BCUT2D eigenvalue weighted by Gasteiger charge is -2.27. The molecule has 2 fully saturated rings. The first-order valence-electron chi connectivity index (χ1n) is 11.5. The number of ether oxygens (including phenoxy) is 1. The lowest BCUT2D eigenvalue weighted by molar-refractivity contribution is -0.117. The van der Waals surface area contributed by atoms with Crippen molar-refractivity contribution in [3.05, 3.63) is 78.0 Å². The van der Waals surface area contributed by atoms with Crippen LogP contribution >= 0.6 is 0 Å². The highest BCUT2D eigenvalue weighted by atomic mass is 19.1. The molecule has 2 N–H and O–H groups in total. The van der Waals surface area contributed by atoms with Gasteiger partial charge in [0.1, 0.15) is 29.9 Å². The summed E-state index contributed by atoms with van der Waals surface area (Å²) < 4.78 is 20.0. The molecule has 1 saturated heterocycles. The van der Waals surface area contributed by atoms with Crippen LogP contribution in [0.2, 0.25) is 0 Å². The fourth-order valence-electron chi connectivity index (χ4n) is 4.44. The number of rotatable bonds is 6. The Labute approximate surface area is 197 Å². The van der Waals surface area contributed by atoms with Gasteiger partial charge >= 0.3 is 0 Å². The number of anilines is 1. The lowest BCUT2D eigenvalue weighted by Crippen LogP contribution is -2.44. The van der Waals surface area contributed by atoms with Gasteiger partial charge in [-0.05, 0) is 66.3 Å². The van der Waals surface area contributed by atoms with Crippen LogP contribution in [0.1, 0.15) is 29.9 Å². The van der Waals surface area contributed by atoms with E-state index in [0.717, 1.165) is 17.5 Å². The highest BCUT2D eigenvalue weighted by molar-refractivity contribution is 5.95. The van der Waals surface area contributed by atoms with Gasteiger partial charge in [0.2, 0.25) is 5.91 Å². The minimum atomic E-state index is -1.11. The molecule has 2 heterocycles. The summed E-state index contributed by atoms with van der Waals surface area (Å²) in [7, 11) is 0. The molecule has 1 saturated carbocycles. The van der Waals surface area contributed by atoms with Gasteiger partial charge in [0, 0.05) is 18.7 Å². The van der Waals surface area contributed by atoms with Crippen molar-refractivity contribution in [1.29, 1.82) is 5.26 Å². The third-order valence-electron chi connectivity index (χ3n) is 6.43. The first-order chi connectivity index (χ1) is 16.6. The van der Waals surface area contributed by atoms with E-state index in [-0.39, 0.29) is 24.3 Å². The number of aromatic nitrogens is 1. The van der Waals surface area contributed by atoms with Crippen molar-refractivity contribution in [3.63, 3.8) is 0 Å². The summed E-state index contributed by atoms with van der Waals surface area (Å²) in [6.45, 7) is 0.937. The topological polar surface area (TPSA) is 87.0 Å². The molecule has 5 rings (SSSR count). The van der Waals surface area contributed by atoms with E-state index in [1.807, 2.05) is 30.3 Å². The van der Waals surface area contributed by atoms with Crippen molar-refractivity contribution < 1.29 is 13.9 Å². The Hall–Kier alpha value is -3.76. The number of nitrogens with zero attached hydrogens (tertiary/aromatic N) is 2. The smallest absolute Gasteiger partial charge is 0.229 e. The number of amides is 1. The molecule has 172 valence electrons. The Balaban J connectivity index is 1.28. The number of piperidine rings is 1. The number of nitrogens with one attached hydrogen (secondary N) is 2.